The van der Waals surface area contributed by atoms with Gasteiger partial charge in [-0.3, -0.25) is 0 Å². The molecule has 1 aliphatic heterocycles. The smallest absolute Gasteiger partial charge is 0.0584 e. The summed E-state index contributed by atoms with van der Waals surface area (Å²) in [6.07, 6.45) is 2.51. The van der Waals surface area contributed by atoms with Crippen LogP contribution >= 0.6 is 0 Å². The summed E-state index contributed by atoms with van der Waals surface area (Å²) in [6.45, 7) is 6.08. The number of aliphatic hydroxyl groups excluding tert-OH is 1. The van der Waals surface area contributed by atoms with E-state index >= 15 is 0 Å². The lowest BCUT2D eigenvalue weighted by Gasteiger charge is -2.11. The third-order valence-corrected chi connectivity index (χ3v) is 3.68. The lowest BCUT2D eigenvalue weighted by molar-refractivity contribution is 0.249. The van der Waals surface area contributed by atoms with Crippen molar-refractivity contribution < 1.29 is 5.11 Å². The van der Waals surface area contributed by atoms with Crippen LogP contribution in [0.2, 0.25) is 0 Å². The van der Waals surface area contributed by atoms with E-state index in [-0.39, 0.29) is 0 Å². The van der Waals surface area contributed by atoms with Gasteiger partial charge in [-0.25, -0.2) is 0 Å². The summed E-state index contributed by atoms with van der Waals surface area (Å²) in [5.41, 5.74) is 1.07. The quantitative estimate of drug-likeness (QED) is 0.586. The summed E-state index contributed by atoms with van der Waals surface area (Å²) in [5, 5.41) is 12.3. The molecule has 2 rings (SSSR count). The van der Waals surface area contributed by atoms with Gasteiger partial charge in [-0.05, 0) is 23.7 Å². The molecule has 64 valence electrons. The van der Waals surface area contributed by atoms with Crippen LogP contribution in [0.3, 0.4) is 0 Å². The van der Waals surface area contributed by atoms with Crippen LogP contribution in [0.25, 0.3) is 0 Å². The third-order valence-electron chi connectivity index (χ3n) is 3.68. The zero-order valence-electron chi connectivity index (χ0n) is 7.35. The molecule has 1 spiro atoms. The molecule has 2 fully saturated rings. The van der Waals surface area contributed by atoms with Crippen LogP contribution < -0.4 is 5.32 Å². The van der Waals surface area contributed by atoms with Gasteiger partial charge in [-0.2, -0.15) is 0 Å². The van der Waals surface area contributed by atoms with Crippen molar-refractivity contribution in [2.75, 3.05) is 13.2 Å². The van der Waals surface area contributed by atoms with Gasteiger partial charge in [0.05, 0.1) is 6.61 Å². The van der Waals surface area contributed by atoms with E-state index in [0.29, 0.717) is 23.5 Å². The number of hydrogen-bond acceptors (Lipinski definition) is 2. The molecule has 1 saturated heterocycles. The van der Waals surface area contributed by atoms with Gasteiger partial charge in [-0.1, -0.05) is 13.8 Å². The van der Waals surface area contributed by atoms with Gasteiger partial charge in [0.2, 0.25) is 0 Å². The molecule has 1 unspecified atom stereocenters. The van der Waals surface area contributed by atoms with Crippen LogP contribution in [-0.4, -0.2) is 24.3 Å². The lowest BCUT2D eigenvalue weighted by Crippen LogP contribution is -2.24. The Hall–Kier alpha value is -0.0800. The largest absolute Gasteiger partial charge is 0.395 e. The average molecular weight is 155 g/mol. The zero-order chi connectivity index (χ0) is 8.11. The van der Waals surface area contributed by atoms with E-state index in [0.717, 1.165) is 6.54 Å². The summed E-state index contributed by atoms with van der Waals surface area (Å²) >= 11 is 0. The standard InChI is InChI=1S/C9H17NO/c1-8(2)5-9(8)3-7(4-11)10-6-9/h7,10-11H,3-6H2,1-2H3/t7?,9-/m0/s1. The average Bonchev–Trinajstić information content (AvgIpc) is 2.35. The van der Waals surface area contributed by atoms with Crippen molar-refractivity contribution >= 4 is 0 Å². The molecule has 1 aliphatic carbocycles. The fourth-order valence-corrected chi connectivity index (χ4v) is 2.54. The molecule has 0 aromatic rings. The predicted molar refractivity (Wildman–Crippen MR) is 44.3 cm³/mol. The van der Waals surface area contributed by atoms with Gasteiger partial charge < -0.3 is 10.4 Å². The van der Waals surface area contributed by atoms with E-state index in [4.69, 9.17) is 5.11 Å². The lowest BCUT2D eigenvalue weighted by atomic mass is 9.93. The zero-order valence-corrected chi connectivity index (χ0v) is 7.35. The van der Waals surface area contributed by atoms with Crippen LogP contribution in [0.15, 0.2) is 0 Å². The summed E-state index contributed by atoms with van der Waals surface area (Å²) in [4.78, 5) is 0. The molecule has 2 N–H and O–H groups in total. The van der Waals surface area contributed by atoms with Crippen molar-refractivity contribution in [3.63, 3.8) is 0 Å². The topological polar surface area (TPSA) is 32.3 Å². The Kier molecular flexibility index (Phi) is 1.37. The second-order valence-electron chi connectivity index (χ2n) is 4.81. The fraction of sp³-hybridized carbons (Fsp3) is 1.00. The minimum absolute atomic E-state index is 0.303. The van der Waals surface area contributed by atoms with E-state index in [9.17, 15) is 0 Å². The first-order valence-electron chi connectivity index (χ1n) is 4.44. The highest BCUT2D eigenvalue weighted by Gasteiger charge is 2.63. The molecule has 0 aromatic heterocycles. The summed E-state index contributed by atoms with van der Waals surface area (Å²) in [6, 6.07) is 0.372. The van der Waals surface area contributed by atoms with Gasteiger partial charge in [-0.15, -0.1) is 0 Å². The molecule has 2 aliphatic rings. The summed E-state index contributed by atoms with van der Waals surface area (Å²) in [7, 11) is 0. The number of aliphatic hydroxyl groups is 1. The van der Waals surface area contributed by atoms with Crippen molar-refractivity contribution in [1.29, 1.82) is 0 Å². The maximum atomic E-state index is 8.93. The molecule has 1 saturated carbocycles. The van der Waals surface area contributed by atoms with Crippen LogP contribution in [0, 0.1) is 10.8 Å². The highest BCUT2D eigenvalue weighted by atomic mass is 16.3. The number of nitrogens with one attached hydrogen (secondary N) is 1. The van der Waals surface area contributed by atoms with Crippen molar-refractivity contribution in [2.45, 2.75) is 32.7 Å². The Morgan fingerprint density at radius 1 is 1.55 bits per heavy atom. The van der Waals surface area contributed by atoms with E-state index in [2.05, 4.69) is 19.2 Å². The van der Waals surface area contributed by atoms with Gasteiger partial charge in [0.1, 0.15) is 0 Å². The predicted octanol–water partition coefficient (Wildman–Crippen LogP) is 0.757. The molecular weight excluding hydrogens is 138 g/mol. The monoisotopic (exact) mass is 155 g/mol. The number of rotatable bonds is 1. The molecule has 2 nitrogen and oxygen atoms in total. The molecule has 2 atom stereocenters. The fourth-order valence-electron chi connectivity index (χ4n) is 2.54. The first-order valence-corrected chi connectivity index (χ1v) is 4.44. The second-order valence-corrected chi connectivity index (χ2v) is 4.81. The minimum atomic E-state index is 0.303. The van der Waals surface area contributed by atoms with Crippen LogP contribution in [-0.2, 0) is 0 Å². The third kappa shape index (κ3) is 0.926. The van der Waals surface area contributed by atoms with Gasteiger partial charge >= 0.3 is 0 Å². The van der Waals surface area contributed by atoms with Crippen molar-refractivity contribution in [2.24, 2.45) is 10.8 Å². The Labute approximate surface area is 68.0 Å². The van der Waals surface area contributed by atoms with Gasteiger partial charge in [0, 0.05) is 12.6 Å². The van der Waals surface area contributed by atoms with E-state index in [1.165, 1.54) is 12.8 Å². The van der Waals surface area contributed by atoms with Gasteiger partial charge in [0.25, 0.3) is 0 Å². The second kappa shape index (κ2) is 1.99. The first-order chi connectivity index (χ1) is 5.10. The van der Waals surface area contributed by atoms with Crippen LogP contribution in [0.1, 0.15) is 26.7 Å². The maximum Gasteiger partial charge on any atom is 0.0584 e. The van der Waals surface area contributed by atoms with E-state index in [1.54, 1.807) is 0 Å². The Morgan fingerprint density at radius 2 is 2.18 bits per heavy atom. The summed E-state index contributed by atoms with van der Waals surface area (Å²) in [5.74, 6) is 0. The molecule has 2 heteroatoms. The summed E-state index contributed by atoms with van der Waals surface area (Å²) < 4.78 is 0. The Bertz CT molecular complexity index is 178. The van der Waals surface area contributed by atoms with E-state index in [1.807, 2.05) is 0 Å². The maximum absolute atomic E-state index is 8.93. The molecule has 1 heterocycles. The van der Waals surface area contributed by atoms with Crippen molar-refractivity contribution in [3.8, 4) is 0 Å². The Morgan fingerprint density at radius 3 is 2.45 bits per heavy atom. The first kappa shape index (κ1) is 7.56. The van der Waals surface area contributed by atoms with Gasteiger partial charge in [0.15, 0.2) is 0 Å². The Balaban J connectivity index is 2.01. The van der Waals surface area contributed by atoms with Crippen molar-refractivity contribution in [1.82, 2.24) is 5.32 Å². The highest BCUT2D eigenvalue weighted by Crippen LogP contribution is 2.67. The SMILES string of the molecule is CC1(C)C[C@@]12CNC(CO)C2. The molecule has 0 bridgehead atoms. The van der Waals surface area contributed by atoms with Crippen LogP contribution in [0.5, 0.6) is 0 Å². The minimum Gasteiger partial charge on any atom is -0.395 e. The highest BCUT2D eigenvalue weighted by molar-refractivity contribution is 5.15. The normalized spacial score (nSPS) is 46.6. The molecule has 11 heavy (non-hydrogen) atoms. The van der Waals surface area contributed by atoms with E-state index < -0.39 is 0 Å². The van der Waals surface area contributed by atoms with Crippen LogP contribution in [0.4, 0.5) is 0 Å². The molecule has 0 amide bonds. The number of hydrogen-bond donors (Lipinski definition) is 2. The van der Waals surface area contributed by atoms with Crippen molar-refractivity contribution in [3.05, 3.63) is 0 Å². The molecular formula is C9H17NO. The molecule has 0 radical (unpaired) electrons. The molecule has 0 aromatic carbocycles.